The predicted octanol–water partition coefficient (Wildman–Crippen LogP) is 1.43. The van der Waals surface area contributed by atoms with Crippen LogP contribution in [0.25, 0.3) is 0 Å². The summed E-state index contributed by atoms with van der Waals surface area (Å²) in [4.78, 5) is 14.7. The number of nitrogens with zero attached hydrogens (tertiary/aromatic N) is 1. The first-order valence-electron chi connectivity index (χ1n) is 5.85. The Kier molecular flexibility index (Phi) is 3.80. The van der Waals surface area contributed by atoms with Crippen LogP contribution in [0.2, 0.25) is 0 Å². The molecule has 92 valence electrons. The fourth-order valence-corrected chi connectivity index (χ4v) is 1.69. The number of ether oxygens (including phenoxy) is 1. The number of urea groups is 1. The van der Waals surface area contributed by atoms with E-state index in [1.807, 2.05) is 12.1 Å². The molecule has 1 heterocycles. The molecule has 0 unspecified atom stereocenters. The molecular formula is C12H17N3O2. The van der Waals surface area contributed by atoms with Crippen molar-refractivity contribution in [1.29, 1.82) is 0 Å². The minimum atomic E-state index is -0.529. The van der Waals surface area contributed by atoms with Crippen LogP contribution in [0.5, 0.6) is 5.88 Å². The molecule has 0 aliphatic heterocycles. The summed E-state index contributed by atoms with van der Waals surface area (Å²) in [6.07, 6.45) is 5.49. The van der Waals surface area contributed by atoms with E-state index >= 15 is 0 Å². The minimum absolute atomic E-state index is 0.400. The number of hydrogen-bond acceptors (Lipinski definition) is 3. The Bertz CT molecular complexity index is 391. The van der Waals surface area contributed by atoms with Crippen molar-refractivity contribution in [2.24, 2.45) is 11.7 Å². The van der Waals surface area contributed by atoms with Crippen LogP contribution in [0.4, 0.5) is 4.79 Å². The number of rotatable bonds is 5. The molecule has 1 aliphatic rings. The molecule has 0 spiro atoms. The average Bonchev–Trinajstić information content (AvgIpc) is 2.25. The quantitative estimate of drug-likeness (QED) is 0.810. The summed E-state index contributed by atoms with van der Waals surface area (Å²) in [5, 5.41) is 2.53. The Morgan fingerprint density at radius 2 is 2.41 bits per heavy atom. The van der Waals surface area contributed by atoms with Gasteiger partial charge < -0.3 is 15.8 Å². The first kappa shape index (κ1) is 11.7. The molecule has 0 saturated heterocycles. The van der Waals surface area contributed by atoms with Gasteiger partial charge in [0.2, 0.25) is 5.88 Å². The fourth-order valence-electron chi connectivity index (χ4n) is 1.69. The summed E-state index contributed by atoms with van der Waals surface area (Å²) in [7, 11) is 0. The second-order valence-corrected chi connectivity index (χ2v) is 4.33. The van der Waals surface area contributed by atoms with Gasteiger partial charge in [0.05, 0.1) is 6.61 Å². The number of nitrogens with one attached hydrogen (secondary N) is 1. The summed E-state index contributed by atoms with van der Waals surface area (Å²) in [5.74, 6) is 1.30. The van der Waals surface area contributed by atoms with Gasteiger partial charge in [-0.25, -0.2) is 9.78 Å². The third-order valence-electron chi connectivity index (χ3n) is 2.96. The van der Waals surface area contributed by atoms with Crippen molar-refractivity contribution >= 4 is 6.03 Å². The molecule has 5 heteroatoms. The normalized spacial score (nSPS) is 15.1. The van der Waals surface area contributed by atoms with E-state index in [0.29, 0.717) is 18.3 Å². The second-order valence-electron chi connectivity index (χ2n) is 4.33. The highest BCUT2D eigenvalue weighted by Crippen LogP contribution is 2.26. The highest BCUT2D eigenvalue weighted by molar-refractivity contribution is 5.71. The number of primary amides is 1. The molecule has 1 aromatic heterocycles. The number of carbonyl (C=O) groups is 1. The molecule has 0 aromatic carbocycles. The van der Waals surface area contributed by atoms with E-state index in [0.717, 1.165) is 12.2 Å². The van der Waals surface area contributed by atoms with Crippen molar-refractivity contribution in [2.45, 2.75) is 25.8 Å². The summed E-state index contributed by atoms with van der Waals surface area (Å²) in [6, 6.07) is 3.12. The van der Waals surface area contributed by atoms with Crippen LogP contribution in [0, 0.1) is 5.92 Å². The highest BCUT2D eigenvalue weighted by Gasteiger charge is 2.18. The number of pyridine rings is 1. The Morgan fingerprint density at radius 3 is 3.06 bits per heavy atom. The molecule has 0 atom stereocenters. The van der Waals surface area contributed by atoms with Gasteiger partial charge in [0.25, 0.3) is 0 Å². The maximum Gasteiger partial charge on any atom is 0.312 e. The number of carbonyl (C=O) groups excluding carboxylic acids is 1. The lowest BCUT2D eigenvalue weighted by Crippen LogP contribution is -2.28. The zero-order valence-corrected chi connectivity index (χ0v) is 9.69. The van der Waals surface area contributed by atoms with Crippen molar-refractivity contribution in [3.05, 3.63) is 23.9 Å². The van der Waals surface area contributed by atoms with Crippen LogP contribution in [-0.2, 0) is 6.54 Å². The zero-order chi connectivity index (χ0) is 12.1. The molecule has 1 aromatic rings. The van der Waals surface area contributed by atoms with Crippen LogP contribution in [-0.4, -0.2) is 17.6 Å². The van der Waals surface area contributed by atoms with Crippen molar-refractivity contribution in [1.82, 2.24) is 10.3 Å². The number of amides is 2. The Hall–Kier alpha value is -1.78. The van der Waals surface area contributed by atoms with Crippen LogP contribution in [0.15, 0.2) is 18.3 Å². The molecule has 1 saturated carbocycles. The van der Waals surface area contributed by atoms with E-state index in [9.17, 15) is 4.79 Å². The largest absolute Gasteiger partial charge is 0.477 e. The van der Waals surface area contributed by atoms with E-state index in [4.69, 9.17) is 10.5 Å². The maximum absolute atomic E-state index is 10.6. The van der Waals surface area contributed by atoms with Gasteiger partial charge in [-0.15, -0.1) is 0 Å². The minimum Gasteiger partial charge on any atom is -0.477 e. The smallest absolute Gasteiger partial charge is 0.312 e. The molecule has 17 heavy (non-hydrogen) atoms. The molecule has 0 radical (unpaired) electrons. The van der Waals surface area contributed by atoms with Crippen LogP contribution < -0.4 is 15.8 Å². The monoisotopic (exact) mass is 235 g/mol. The topological polar surface area (TPSA) is 77.2 Å². The molecule has 2 amide bonds. The molecule has 1 aliphatic carbocycles. The fraction of sp³-hybridized carbons (Fsp3) is 0.500. The van der Waals surface area contributed by atoms with Gasteiger partial charge in [0.1, 0.15) is 0 Å². The van der Waals surface area contributed by atoms with Gasteiger partial charge in [-0.2, -0.15) is 0 Å². The van der Waals surface area contributed by atoms with Crippen LogP contribution in [0.3, 0.4) is 0 Å². The number of hydrogen-bond donors (Lipinski definition) is 2. The zero-order valence-electron chi connectivity index (χ0n) is 9.69. The number of aromatic nitrogens is 1. The standard InChI is InChI=1S/C12H17N3O2/c13-12(16)15-7-10-4-5-14-11(6-10)17-8-9-2-1-3-9/h4-6,9H,1-3,7-8H2,(H3,13,15,16). The third-order valence-corrected chi connectivity index (χ3v) is 2.96. The second kappa shape index (κ2) is 5.52. The first-order chi connectivity index (χ1) is 8.24. The SMILES string of the molecule is NC(=O)NCc1ccnc(OCC2CCC2)c1. The van der Waals surface area contributed by atoms with Crippen molar-refractivity contribution in [2.75, 3.05) is 6.61 Å². The first-order valence-corrected chi connectivity index (χ1v) is 5.85. The summed E-state index contributed by atoms with van der Waals surface area (Å²) >= 11 is 0. The van der Waals surface area contributed by atoms with Crippen molar-refractivity contribution < 1.29 is 9.53 Å². The maximum atomic E-state index is 10.6. The van der Waals surface area contributed by atoms with Crippen molar-refractivity contribution in [3.8, 4) is 5.88 Å². The van der Waals surface area contributed by atoms with Crippen LogP contribution in [0.1, 0.15) is 24.8 Å². The van der Waals surface area contributed by atoms with E-state index in [2.05, 4.69) is 10.3 Å². The van der Waals surface area contributed by atoms with E-state index in [1.165, 1.54) is 19.3 Å². The summed E-state index contributed by atoms with van der Waals surface area (Å²) in [5.41, 5.74) is 5.94. The van der Waals surface area contributed by atoms with Gasteiger partial charge in [-0.05, 0) is 30.4 Å². The van der Waals surface area contributed by atoms with E-state index in [-0.39, 0.29) is 0 Å². The molecular weight excluding hydrogens is 218 g/mol. The Morgan fingerprint density at radius 1 is 1.59 bits per heavy atom. The third kappa shape index (κ3) is 3.62. The van der Waals surface area contributed by atoms with Crippen LogP contribution >= 0.6 is 0 Å². The van der Waals surface area contributed by atoms with Crippen molar-refractivity contribution in [3.63, 3.8) is 0 Å². The van der Waals surface area contributed by atoms with Gasteiger partial charge in [-0.1, -0.05) is 6.42 Å². The molecule has 2 rings (SSSR count). The van der Waals surface area contributed by atoms with Gasteiger partial charge in [-0.3, -0.25) is 0 Å². The average molecular weight is 235 g/mol. The van der Waals surface area contributed by atoms with Gasteiger partial charge in [0.15, 0.2) is 0 Å². The lowest BCUT2D eigenvalue weighted by atomic mass is 9.86. The summed E-state index contributed by atoms with van der Waals surface area (Å²) in [6.45, 7) is 1.14. The van der Waals surface area contributed by atoms with E-state index < -0.39 is 6.03 Å². The lowest BCUT2D eigenvalue weighted by molar-refractivity contribution is 0.175. The van der Waals surface area contributed by atoms with E-state index in [1.54, 1.807) is 6.20 Å². The molecule has 1 fully saturated rings. The van der Waals surface area contributed by atoms with Gasteiger partial charge in [0, 0.05) is 18.8 Å². The highest BCUT2D eigenvalue weighted by atomic mass is 16.5. The molecule has 0 bridgehead atoms. The number of nitrogens with two attached hydrogens (primary N) is 1. The lowest BCUT2D eigenvalue weighted by Gasteiger charge is -2.24. The predicted molar refractivity (Wildman–Crippen MR) is 63.5 cm³/mol. The Labute approximate surface area is 100 Å². The Balaban J connectivity index is 1.84. The van der Waals surface area contributed by atoms with Gasteiger partial charge >= 0.3 is 6.03 Å². The molecule has 5 nitrogen and oxygen atoms in total. The molecule has 3 N–H and O–H groups in total. The summed E-state index contributed by atoms with van der Waals surface area (Å²) < 4.78 is 5.60.